The van der Waals surface area contributed by atoms with Crippen molar-refractivity contribution < 1.29 is 17.6 Å². The molecule has 1 saturated heterocycles. The number of rotatable bonds is 8. The standard InChI is InChI=1S/C19H22N4O4S3/c1-12-8-16(13(2)23(12)14-5-7-30(25,26)11-14)17(24)10-28-19-22-21-18(29-19)20-9-15-4-3-6-27-15/h3-4,6,8,14H,5,7,9-11H2,1-2H3,(H,20,21)/t14-/m0/s1. The van der Waals surface area contributed by atoms with Crippen LogP contribution in [0.5, 0.6) is 0 Å². The third-order valence-corrected chi connectivity index (χ3v) is 8.85. The Morgan fingerprint density at radius 1 is 1.40 bits per heavy atom. The van der Waals surface area contributed by atoms with E-state index in [1.54, 1.807) is 6.26 Å². The summed E-state index contributed by atoms with van der Waals surface area (Å²) in [6.45, 7) is 4.33. The van der Waals surface area contributed by atoms with Crippen molar-refractivity contribution in [2.45, 2.75) is 37.2 Å². The Bertz CT molecular complexity index is 1150. The van der Waals surface area contributed by atoms with Gasteiger partial charge >= 0.3 is 0 Å². The van der Waals surface area contributed by atoms with Crippen LogP contribution >= 0.6 is 23.1 Å². The smallest absolute Gasteiger partial charge is 0.206 e. The highest BCUT2D eigenvalue weighted by molar-refractivity contribution is 8.01. The number of furan rings is 1. The molecule has 160 valence electrons. The molecular weight excluding hydrogens is 444 g/mol. The third-order valence-electron chi connectivity index (χ3n) is 5.09. The second kappa shape index (κ2) is 8.56. The van der Waals surface area contributed by atoms with Crippen LogP contribution < -0.4 is 5.32 Å². The molecule has 8 nitrogen and oxygen atoms in total. The van der Waals surface area contributed by atoms with Gasteiger partial charge in [-0.25, -0.2) is 8.42 Å². The lowest BCUT2D eigenvalue weighted by molar-refractivity contribution is 0.102. The van der Waals surface area contributed by atoms with Crippen LogP contribution in [0.25, 0.3) is 0 Å². The SMILES string of the molecule is Cc1cc(C(=O)CSc2nnc(NCc3ccco3)s2)c(C)n1[C@H]1CCS(=O)(=O)C1. The van der Waals surface area contributed by atoms with Gasteiger partial charge in [0.1, 0.15) is 5.76 Å². The minimum Gasteiger partial charge on any atom is -0.467 e. The Balaban J connectivity index is 1.37. The second-order valence-corrected chi connectivity index (χ2v) is 11.7. The molecule has 1 atom stereocenters. The highest BCUT2D eigenvalue weighted by Gasteiger charge is 2.31. The molecule has 1 aliphatic heterocycles. The van der Waals surface area contributed by atoms with E-state index in [-0.39, 0.29) is 29.1 Å². The van der Waals surface area contributed by atoms with E-state index >= 15 is 0 Å². The summed E-state index contributed by atoms with van der Waals surface area (Å²) in [4.78, 5) is 12.8. The van der Waals surface area contributed by atoms with Crippen molar-refractivity contribution in [1.82, 2.24) is 14.8 Å². The maximum Gasteiger partial charge on any atom is 0.206 e. The zero-order chi connectivity index (χ0) is 21.3. The molecule has 1 N–H and O–H groups in total. The first-order valence-electron chi connectivity index (χ1n) is 9.47. The number of aryl methyl sites for hydroxylation is 1. The average Bonchev–Trinajstić information content (AvgIpc) is 3.47. The van der Waals surface area contributed by atoms with Crippen molar-refractivity contribution in [3.8, 4) is 0 Å². The van der Waals surface area contributed by atoms with E-state index in [0.29, 0.717) is 28.0 Å². The number of nitrogens with one attached hydrogen (secondary N) is 1. The zero-order valence-electron chi connectivity index (χ0n) is 16.6. The van der Waals surface area contributed by atoms with E-state index in [1.165, 1.54) is 23.1 Å². The predicted octanol–water partition coefficient (Wildman–Crippen LogP) is 3.50. The fourth-order valence-corrected chi connectivity index (χ4v) is 7.05. The lowest BCUT2D eigenvalue weighted by atomic mass is 10.2. The molecule has 0 bridgehead atoms. The Labute approximate surface area is 183 Å². The predicted molar refractivity (Wildman–Crippen MR) is 117 cm³/mol. The number of nitrogens with zero attached hydrogens (tertiary/aromatic N) is 3. The minimum atomic E-state index is -2.99. The van der Waals surface area contributed by atoms with E-state index in [1.807, 2.05) is 36.6 Å². The van der Waals surface area contributed by atoms with E-state index in [9.17, 15) is 13.2 Å². The van der Waals surface area contributed by atoms with Crippen molar-refractivity contribution in [1.29, 1.82) is 0 Å². The summed E-state index contributed by atoms with van der Waals surface area (Å²) in [7, 11) is -2.99. The first-order valence-corrected chi connectivity index (χ1v) is 13.1. The molecule has 1 aliphatic rings. The van der Waals surface area contributed by atoms with Gasteiger partial charge in [-0.2, -0.15) is 0 Å². The van der Waals surface area contributed by atoms with Crippen LogP contribution in [0.3, 0.4) is 0 Å². The normalized spacial score (nSPS) is 18.0. The van der Waals surface area contributed by atoms with Gasteiger partial charge in [-0.3, -0.25) is 4.79 Å². The average molecular weight is 467 g/mol. The van der Waals surface area contributed by atoms with Gasteiger partial charge in [0.2, 0.25) is 5.13 Å². The summed E-state index contributed by atoms with van der Waals surface area (Å²) in [5, 5.41) is 12.0. The van der Waals surface area contributed by atoms with Crippen LogP contribution in [0.4, 0.5) is 5.13 Å². The maximum absolute atomic E-state index is 12.8. The molecule has 0 unspecified atom stereocenters. The Hall–Kier alpha value is -2.11. The van der Waals surface area contributed by atoms with Crippen molar-refractivity contribution in [2.75, 3.05) is 22.6 Å². The molecule has 0 spiro atoms. The Morgan fingerprint density at radius 2 is 2.23 bits per heavy atom. The highest BCUT2D eigenvalue weighted by Crippen LogP contribution is 2.31. The van der Waals surface area contributed by atoms with Crippen molar-refractivity contribution in [2.24, 2.45) is 0 Å². The van der Waals surface area contributed by atoms with Crippen LogP contribution in [0.1, 0.15) is 40.0 Å². The highest BCUT2D eigenvalue weighted by atomic mass is 32.2. The molecule has 30 heavy (non-hydrogen) atoms. The number of Topliss-reactive ketones (excluding diaryl/α,β-unsaturated/α-hetero) is 1. The monoisotopic (exact) mass is 466 g/mol. The fourth-order valence-electron chi connectivity index (χ4n) is 3.72. The molecule has 11 heteroatoms. The van der Waals surface area contributed by atoms with Gasteiger partial charge in [0.15, 0.2) is 20.0 Å². The number of hydrogen-bond donors (Lipinski definition) is 1. The van der Waals surface area contributed by atoms with E-state index in [2.05, 4.69) is 15.5 Å². The third kappa shape index (κ3) is 4.62. The van der Waals surface area contributed by atoms with Crippen LogP contribution in [-0.4, -0.2) is 46.2 Å². The molecule has 3 aromatic heterocycles. The first-order chi connectivity index (χ1) is 14.3. The summed E-state index contributed by atoms with van der Waals surface area (Å²) in [5.41, 5.74) is 2.39. The fraction of sp³-hybridized carbons (Fsp3) is 0.421. The molecule has 0 aliphatic carbocycles. The molecule has 0 radical (unpaired) electrons. The lowest BCUT2D eigenvalue weighted by Gasteiger charge is -2.16. The van der Waals surface area contributed by atoms with Crippen molar-refractivity contribution in [3.05, 3.63) is 47.2 Å². The summed E-state index contributed by atoms with van der Waals surface area (Å²) in [5.74, 6) is 1.41. The molecule has 3 aromatic rings. The number of sulfone groups is 1. The lowest BCUT2D eigenvalue weighted by Crippen LogP contribution is -2.14. The van der Waals surface area contributed by atoms with Crippen LogP contribution in [-0.2, 0) is 16.4 Å². The number of anilines is 1. The van der Waals surface area contributed by atoms with Gasteiger partial charge in [0.25, 0.3) is 0 Å². The largest absolute Gasteiger partial charge is 0.467 e. The molecule has 0 amide bonds. The maximum atomic E-state index is 12.8. The van der Waals surface area contributed by atoms with Crippen LogP contribution in [0, 0.1) is 13.8 Å². The van der Waals surface area contributed by atoms with Gasteiger partial charge in [-0.15, -0.1) is 10.2 Å². The number of aromatic nitrogens is 3. The molecule has 4 rings (SSSR count). The topological polar surface area (TPSA) is 107 Å². The van der Waals surface area contributed by atoms with Crippen molar-refractivity contribution in [3.63, 3.8) is 0 Å². The van der Waals surface area contributed by atoms with Crippen molar-refractivity contribution >= 4 is 43.9 Å². The van der Waals surface area contributed by atoms with E-state index in [0.717, 1.165) is 17.1 Å². The van der Waals surface area contributed by atoms with Gasteiger partial charge in [0.05, 0.1) is 30.1 Å². The zero-order valence-corrected chi connectivity index (χ0v) is 19.1. The Kier molecular flexibility index (Phi) is 6.03. The number of hydrogen-bond acceptors (Lipinski definition) is 9. The van der Waals surface area contributed by atoms with Gasteiger partial charge in [0, 0.05) is 23.0 Å². The molecule has 4 heterocycles. The van der Waals surface area contributed by atoms with E-state index < -0.39 is 9.84 Å². The second-order valence-electron chi connectivity index (χ2n) is 7.23. The first kappa shape index (κ1) is 21.1. The van der Waals surface area contributed by atoms with Gasteiger partial charge in [-0.1, -0.05) is 23.1 Å². The Morgan fingerprint density at radius 3 is 2.93 bits per heavy atom. The summed E-state index contributed by atoms with van der Waals surface area (Å²) < 4.78 is 31.7. The summed E-state index contributed by atoms with van der Waals surface area (Å²) >= 11 is 2.74. The molecular formula is C19H22N4O4S3. The molecule has 0 saturated carbocycles. The summed E-state index contributed by atoms with van der Waals surface area (Å²) in [6, 6.07) is 5.47. The number of carbonyl (C=O) groups is 1. The number of thioether (sulfide) groups is 1. The van der Waals surface area contributed by atoms with E-state index in [4.69, 9.17) is 4.42 Å². The summed E-state index contributed by atoms with van der Waals surface area (Å²) in [6.07, 6.45) is 2.21. The van der Waals surface area contributed by atoms with Crippen LogP contribution in [0.2, 0.25) is 0 Å². The van der Waals surface area contributed by atoms with Crippen LogP contribution in [0.15, 0.2) is 33.2 Å². The van der Waals surface area contributed by atoms with Gasteiger partial charge in [-0.05, 0) is 38.5 Å². The quantitative estimate of drug-likeness (QED) is 0.397. The number of ketones is 1. The molecule has 1 fully saturated rings. The number of carbonyl (C=O) groups excluding carboxylic acids is 1. The van der Waals surface area contributed by atoms with Gasteiger partial charge < -0.3 is 14.3 Å². The minimum absolute atomic E-state index is 0.000462. The molecule has 0 aromatic carbocycles.